The van der Waals surface area contributed by atoms with Gasteiger partial charge in [0.15, 0.2) is 0 Å². The number of carbonyl (C=O) groups excluding carboxylic acids is 2. The molecular weight excluding hydrogens is 316 g/mol. The Morgan fingerprint density at radius 2 is 1.80 bits per heavy atom. The van der Waals surface area contributed by atoms with Crippen LogP contribution in [0, 0.1) is 11.8 Å². The fourth-order valence-electron chi connectivity index (χ4n) is 2.59. The van der Waals surface area contributed by atoms with E-state index in [0.29, 0.717) is 30.4 Å². The average molecular weight is 348 g/mol. The summed E-state index contributed by atoms with van der Waals surface area (Å²) in [5.41, 5.74) is 0.451. The lowest BCUT2D eigenvalue weighted by atomic mass is 10.0. The van der Waals surface area contributed by atoms with E-state index in [2.05, 4.69) is 19.2 Å². The number of amides is 2. The molecule has 2 atom stereocenters. The van der Waals surface area contributed by atoms with Crippen LogP contribution in [0.4, 0.5) is 0 Å². The van der Waals surface area contributed by atoms with Crippen LogP contribution in [-0.2, 0) is 4.79 Å². The largest absolute Gasteiger partial charge is 0.493 e. The molecule has 1 aromatic carbocycles. The maximum Gasteiger partial charge on any atom is 0.255 e. The third-order valence-electron chi connectivity index (χ3n) is 4.31. The predicted molar refractivity (Wildman–Crippen MR) is 101 cm³/mol. The maximum absolute atomic E-state index is 12.8. The van der Waals surface area contributed by atoms with Gasteiger partial charge in [0.25, 0.3) is 5.91 Å². The standard InChI is InChI=1S/C20H32N2O3/c1-7-15(5)13-22(6)20(24)18(14(3)4)21-19(23)16-11-9-10-12-17(16)25-8-2/h9-12,14-15,18H,7-8,13H2,1-6H3,(H,21,23). The van der Waals surface area contributed by atoms with Crippen molar-refractivity contribution in [2.24, 2.45) is 11.8 Å². The molecule has 0 aliphatic rings. The number of para-hydroxylation sites is 1. The minimum Gasteiger partial charge on any atom is -0.493 e. The molecule has 0 saturated carbocycles. The van der Waals surface area contributed by atoms with Gasteiger partial charge in [-0.3, -0.25) is 9.59 Å². The van der Waals surface area contributed by atoms with Crippen molar-refractivity contribution in [1.29, 1.82) is 0 Å². The van der Waals surface area contributed by atoms with E-state index in [0.717, 1.165) is 6.42 Å². The zero-order valence-corrected chi connectivity index (χ0v) is 16.3. The molecule has 1 N–H and O–H groups in total. The Morgan fingerprint density at radius 1 is 1.16 bits per heavy atom. The summed E-state index contributed by atoms with van der Waals surface area (Å²) in [5.74, 6) is 0.613. The van der Waals surface area contributed by atoms with Crippen molar-refractivity contribution in [3.05, 3.63) is 29.8 Å². The molecule has 0 aromatic heterocycles. The third-order valence-corrected chi connectivity index (χ3v) is 4.31. The lowest BCUT2D eigenvalue weighted by Gasteiger charge is -2.28. The van der Waals surface area contributed by atoms with E-state index < -0.39 is 6.04 Å². The summed E-state index contributed by atoms with van der Waals surface area (Å²) in [6.45, 7) is 11.1. The molecule has 0 radical (unpaired) electrons. The van der Waals surface area contributed by atoms with Gasteiger partial charge in [0.2, 0.25) is 5.91 Å². The van der Waals surface area contributed by atoms with Crippen molar-refractivity contribution >= 4 is 11.8 Å². The van der Waals surface area contributed by atoms with Gasteiger partial charge >= 0.3 is 0 Å². The van der Waals surface area contributed by atoms with Crippen LogP contribution in [0.25, 0.3) is 0 Å². The highest BCUT2D eigenvalue weighted by Gasteiger charge is 2.28. The topological polar surface area (TPSA) is 58.6 Å². The zero-order chi connectivity index (χ0) is 19.0. The number of hydrogen-bond donors (Lipinski definition) is 1. The molecule has 0 spiro atoms. The highest BCUT2D eigenvalue weighted by molar-refractivity contribution is 5.99. The predicted octanol–water partition coefficient (Wildman–Crippen LogP) is 3.34. The van der Waals surface area contributed by atoms with Crippen LogP contribution < -0.4 is 10.1 Å². The summed E-state index contributed by atoms with van der Waals surface area (Å²) in [5, 5.41) is 2.89. The lowest BCUT2D eigenvalue weighted by molar-refractivity contribution is -0.133. The highest BCUT2D eigenvalue weighted by atomic mass is 16.5. The van der Waals surface area contributed by atoms with Crippen molar-refractivity contribution in [3.8, 4) is 5.75 Å². The molecule has 2 unspecified atom stereocenters. The fourth-order valence-corrected chi connectivity index (χ4v) is 2.59. The Hall–Kier alpha value is -2.04. The molecule has 25 heavy (non-hydrogen) atoms. The van der Waals surface area contributed by atoms with Crippen LogP contribution in [0.5, 0.6) is 5.75 Å². The number of nitrogens with one attached hydrogen (secondary N) is 1. The Morgan fingerprint density at radius 3 is 2.36 bits per heavy atom. The van der Waals surface area contributed by atoms with Gasteiger partial charge in [0.1, 0.15) is 11.8 Å². The van der Waals surface area contributed by atoms with Gasteiger partial charge in [0, 0.05) is 13.6 Å². The number of nitrogens with zero attached hydrogens (tertiary/aromatic N) is 1. The van der Waals surface area contributed by atoms with Crippen molar-refractivity contribution in [3.63, 3.8) is 0 Å². The summed E-state index contributed by atoms with van der Waals surface area (Å²) in [7, 11) is 1.80. The van der Waals surface area contributed by atoms with E-state index in [9.17, 15) is 9.59 Å². The Bertz CT molecular complexity index is 572. The Balaban J connectivity index is 2.91. The number of benzene rings is 1. The molecule has 0 aliphatic carbocycles. The molecule has 5 heteroatoms. The van der Waals surface area contributed by atoms with Gasteiger partial charge in [-0.2, -0.15) is 0 Å². The number of ether oxygens (including phenoxy) is 1. The van der Waals surface area contributed by atoms with Crippen LogP contribution >= 0.6 is 0 Å². The molecule has 0 aliphatic heterocycles. The van der Waals surface area contributed by atoms with Crippen molar-refractivity contribution < 1.29 is 14.3 Å². The minimum atomic E-state index is -0.559. The third kappa shape index (κ3) is 6.07. The second kappa shape index (κ2) is 10.1. The van der Waals surface area contributed by atoms with Gasteiger partial charge in [-0.1, -0.05) is 46.2 Å². The molecule has 1 aromatic rings. The molecule has 0 saturated heterocycles. The second-order valence-corrected chi connectivity index (χ2v) is 6.86. The number of likely N-dealkylation sites (N-methyl/N-ethyl adjacent to an activating group) is 1. The van der Waals surface area contributed by atoms with Gasteiger partial charge in [-0.25, -0.2) is 0 Å². The lowest BCUT2D eigenvalue weighted by Crippen LogP contribution is -2.51. The van der Waals surface area contributed by atoms with Crippen molar-refractivity contribution in [2.45, 2.75) is 47.1 Å². The minimum absolute atomic E-state index is 0.00455. The molecular formula is C20H32N2O3. The summed E-state index contributed by atoms with van der Waals surface area (Å²) in [4.78, 5) is 27.2. The van der Waals surface area contributed by atoms with E-state index in [1.54, 1.807) is 30.1 Å². The van der Waals surface area contributed by atoms with Crippen LogP contribution in [0.1, 0.15) is 51.4 Å². The van der Waals surface area contributed by atoms with Crippen molar-refractivity contribution in [2.75, 3.05) is 20.2 Å². The molecule has 0 fully saturated rings. The Labute approximate surface area is 151 Å². The van der Waals surface area contributed by atoms with Crippen LogP contribution in [0.2, 0.25) is 0 Å². The van der Waals surface area contributed by atoms with E-state index in [1.807, 2.05) is 26.8 Å². The average Bonchev–Trinajstić information content (AvgIpc) is 2.59. The number of hydrogen-bond acceptors (Lipinski definition) is 3. The van der Waals surface area contributed by atoms with Gasteiger partial charge in [-0.15, -0.1) is 0 Å². The van der Waals surface area contributed by atoms with Crippen molar-refractivity contribution in [1.82, 2.24) is 10.2 Å². The SMILES string of the molecule is CCOc1ccccc1C(=O)NC(C(=O)N(C)CC(C)CC)C(C)C. The summed E-state index contributed by atoms with van der Waals surface area (Å²) in [6, 6.07) is 6.53. The molecule has 1 rings (SSSR count). The van der Waals surface area contributed by atoms with Gasteiger partial charge in [-0.05, 0) is 30.9 Å². The first-order valence-corrected chi connectivity index (χ1v) is 9.09. The first kappa shape index (κ1) is 21.0. The summed E-state index contributed by atoms with van der Waals surface area (Å²) in [6.07, 6.45) is 1.01. The van der Waals surface area contributed by atoms with Crippen LogP contribution in [-0.4, -0.2) is 43.0 Å². The van der Waals surface area contributed by atoms with Gasteiger partial charge < -0.3 is 15.0 Å². The van der Waals surface area contributed by atoms with E-state index in [-0.39, 0.29) is 17.7 Å². The zero-order valence-electron chi connectivity index (χ0n) is 16.3. The van der Waals surface area contributed by atoms with Gasteiger partial charge in [0.05, 0.1) is 12.2 Å². The van der Waals surface area contributed by atoms with Crippen LogP contribution in [0.15, 0.2) is 24.3 Å². The molecule has 5 nitrogen and oxygen atoms in total. The number of rotatable bonds is 9. The highest BCUT2D eigenvalue weighted by Crippen LogP contribution is 2.19. The smallest absolute Gasteiger partial charge is 0.255 e. The summed E-state index contributed by atoms with van der Waals surface area (Å²) < 4.78 is 5.52. The maximum atomic E-state index is 12.8. The molecule has 140 valence electrons. The molecule has 0 bridgehead atoms. The second-order valence-electron chi connectivity index (χ2n) is 6.86. The van der Waals surface area contributed by atoms with E-state index >= 15 is 0 Å². The summed E-state index contributed by atoms with van der Waals surface area (Å²) >= 11 is 0. The Kier molecular flexibility index (Phi) is 8.46. The first-order valence-electron chi connectivity index (χ1n) is 9.09. The van der Waals surface area contributed by atoms with E-state index in [4.69, 9.17) is 4.74 Å². The monoisotopic (exact) mass is 348 g/mol. The quantitative estimate of drug-likeness (QED) is 0.744. The van der Waals surface area contributed by atoms with E-state index in [1.165, 1.54) is 0 Å². The normalized spacial score (nSPS) is 13.2. The van der Waals surface area contributed by atoms with Crippen LogP contribution in [0.3, 0.4) is 0 Å². The first-order chi connectivity index (χ1) is 11.8. The molecule has 0 heterocycles. The fraction of sp³-hybridized carbons (Fsp3) is 0.600. The molecule has 2 amide bonds. The number of carbonyl (C=O) groups is 2.